The highest BCUT2D eigenvalue weighted by atomic mass is 35.5. The molecular formula is C15H23Cl2N3O3S. The molecular weight excluding hydrogens is 373 g/mol. The number of amides is 1. The third kappa shape index (κ3) is 7.70. The number of halogens is 2. The second kappa shape index (κ2) is 9.46. The van der Waals surface area contributed by atoms with Crippen molar-refractivity contribution in [3.8, 4) is 0 Å². The molecule has 0 aliphatic heterocycles. The second-order valence-electron chi connectivity index (χ2n) is 5.72. The quantitative estimate of drug-likeness (QED) is 0.650. The Balaban J connectivity index is 2.67. The van der Waals surface area contributed by atoms with Crippen LogP contribution in [0.5, 0.6) is 0 Å². The van der Waals surface area contributed by atoms with Crippen LogP contribution in [0, 0.1) is 0 Å². The molecule has 24 heavy (non-hydrogen) atoms. The molecule has 0 aliphatic rings. The van der Waals surface area contributed by atoms with Crippen LogP contribution in [0.1, 0.15) is 12.8 Å². The Labute approximate surface area is 153 Å². The van der Waals surface area contributed by atoms with Gasteiger partial charge < -0.3 is 10.2 Å². The van der Waals surface area contributed by atoms with E-state index < -0.39 is 10.0 Å². The first-order valence-electron chi connectivity index (χ1n) is 7.45. The molecule has 1 aromatic rings. The predicted molar refractivity (Wildman–Crippen MR) is 99.4 cm³/mol. The van der Waals surface area contributed by atoms with Crippen molar-refractivity contribution in [1.82, 2.24) is 10.2 Å². The molecule has 0 radical (unpaired) electrons. The van der Waals surface area contributed by atoms with Gasteiger partial charge in [0, 0.05) is 29.6 Å². The smallest absolute Gasteiger partial charge is 0.232 e. The number of hydrogen-bond donors (Lipinski definition) is 1. The first-order chi connectivity index (χ1) is 11.1. The van der Waals surface area contributed by atoms with Gasteiger partial charge in [-0.1, -0.05) is 23.2 Å². The van der Waals surface area contributed by atoms with E-state index in [4.69, 9.17) is 23.2 Å². The number of rotatable bonds is 9. The van der Waals surface area contributed by atoms with Gasteiger partial charge in [-0.2, -0.15) is 0 Å². The highest BCUT2D eigenvalue weighted by Gasteiger charge is 2.19. The van der Waals surface area contributed by atoms with Crippen molar-refractivity contribution in [3.05, 3.63) is 28.2 Å². The van der Waals surface area contributed by atoms with Crippen molar-refractivity contribution in [2.45, 2.75) is 12.8 Å². The maximum atomic E-state index is 12.0. The van der Waals surface area contributed by atoms with Gasteiger partial charge in [0.1, 0.15) is 0 Å². The molecule has 0 spiro atoms. The monoisotopic (exact) mass is 395 g/mol. The molecule has 0 atom stereocenters. The number of anilines is 1. The minimum absolute atomic E-state index is 0.0228. The number of carbonyl (C=O) groups excluding carboxylic acids is 1. The number of sulfonamides is 1. The van der Waals surface area contributed by atoms with E-state index in [0.29, 0.717) is 22.3 Å². The third-order valence-electron chi connectivity index (χ3n) is 3.18. The minimum atomic E-state index is -3.55. The van der Waals surface area contributed by atoms with Crippen LogP contribution in [-0.2, 0) is 14.8 Å². The number of nitrogens with one attached hydrogen (secondary N) is 1. The number of benzene rings is 1. The molecule has 0 unspecified atom stereocenters. The van der Waals surface area contributed by atoms with Gasteiger partial charge in [-0.3, -0.25) is 9.10 Å². The molecule has 0 aromatic heterocycles. The van der Waals surface area contributed by atoms with Crippen LogP contribution in [0.3, 0.4) is 0 Å². The largest absolute Gasteiger partial charge is 0.356 e. The summed E-state index contributed by atoms with van der Waals surface area (Å²) < 4.78 is 25.1. The van der Waals surface area contributed by atoms with Crippen LogP contribution < -0.4 is 9.62 Å². The first-order valence-corrected chi connectivity index (χ1v) is 10.1. The summed E-state index contributed by atoms with van der Waals surface area (Å²) in [7, 11) is 0.366. The fourth-order valence-electron chi connectivity index (χ4n) is 2.08. The third-order valence-corrected chi connectivity index (χ3v) is 4.81. The molecule has 9 heteroatoms. The van der Waals surface area contributed by atoms with Gasteiger partial charge in [0.05, 0.1) is 11.9 Å². The molecule has 1 aromatic carbocycles. The molecule has 0 saturated heterocycles. The van der Waals surface area contributed by atoms with E-state index in [1.807, 2.05) is 19.0 Å². The number of carbonyl (C=O) groups is 1. The predicted octanol–water partition coefficient (Wildman–Crippen LogP) is 2.22. The van der Waals surface area contributed by atoms with E-state index >= 15 is 0 Å². The van der Waals surface area contributed by atoms with Gasteiger partial charge >= 0.3 is 0 Å². The summed E-state index contributed by atoms with van der Waals surface area (Å²) in [4.78, 5) is 13.9. The summed E-state index contributed by atoms with van der Waals surface area (Å²) in [6.07, 6.45) is 1.97. The van der Waals surface area contributed by atoms with Gasteiger partial charge in [-0.25, -0.2) is 8.42 Å². The standard InChI is InChI=1S/C15H23Cl2N3O3S/c1-19(2)7-4-6-18-15(21)5-8-20(24(3,22)23)14-10-12(16)9-13(17)11-14/h9-11H,4-8H2,1-3H3,(H,18,21). The molecule has 0 saturated carbocycles. The van der Waals surface area contributed by atoms with E-state index in [1.54, 1.807) is 0 Å². The van der Waals surface area contributed by atoms with Crippen LogP contribution in [0.2, 0.25) is 10.0 Å². The fraction of sp³-hybridized carbons (Fsp3) is 0.533. The van der Waals surface area contributed by atoms with Gasteiger partial charge in [-0.05, 0) is 45.3 Å². The zero-order valence-corrected chi connectivity index (χ0v) is 16.4. The molecule has 0 aliphatic carbocycles. The summed E-state index contributed by atoms with van der Waals surface area (Å²) in [5.74, 6) is -0.199. The van der Waals surface area contributed by atoms with E-state index in [2.05, 4.69) is 5.32 Å². The van der Waals surface area contributed by atoms with Crippen LogP contribution >= 0.6 is 23.2 Å². The summed E-state index contributed by atoms with van der Waals surface area (Å²) in [6, 6.07) is 4.53. The maximum Gasteiger partial charge on any atom is 0.232 e. The molecule has 136 valence electrons. The average Bonchev–Trinajstić information content (AvgIpc) is 2.41. The highest BCUT2D eigenvalue weighted by Crippen LogP contribution is 2.27. The summed E-state index contributed by atoms with van der Waals surface area (Å²) >= 11 is 11.9. The zero-order chi connectivity index (χ0) is 18.3. The van der Waals surface area contributed by atoms with Crippen LogP contribution in [-0.4, -0.2) is 59.2 Å². The van der Waals surface area contributed by atoms with Crippen LogP contribution in [0.4, 0.5) is 5.69 Å². The normalized spacial score (nSPS) is 11.6. The minimum Gasteiger partial charge on any atom is -0.356 e. The molecule has 1 amide bonds. The SMILES string of the molecule is CN(C)CCCNC(=O)CCN(c1cc(Cl)cc(Cl)c1)S(C)(=O)=O. The lowest BCUT2D eigenvalue weighted by atomic mass is 10.3. The lowest BCUT2D eigenvalue weighted by Crippen LogP contribution is -2.35. The van der Waals surface area contributed by atoms with Crippen molar-refractivity contribution in [3.63, 3.8) is 0 Å². The number of hydrogen-bond acceptors (Lipinski definition) is 4. The van der Waals surface area contributed by atoms with Crippen molar-refractivity contribution in [1.29, 1.82) is 0 Å². The van der Waals surface area contributed by atoms with Gasteiger partial charge in [0.2, 0.25) is 15.9 Å². The first kappa shape index (κ1) is 21.0. The topological polar surface area (TPSA) is 69.7 Å². The number of nitrogens with zero attached hydrogens (tertiary/aromatic N) is 2. The van der Waals surface area contributed by atoms with E-state index in [1.165, 1.54) is 18.2 Å². The lowest BCUT2D eigenvalue weighted by Gasteiger charge is -2.22. The second-order valence-corrected chi connectivity index (χ2v) is 8.50. The Morgan fingerprint density at radius 1 is 1.12 bits per heavy atom. The van der Waals surface area contributed by atoms with E-state index in [-0.39, 0.29) is 18.9 Å². The van der Waals surface area contributed by atoms with Gasteiger partial charge in [0.15, 0.2) is 0 Å². The van der Waals surface area contributed by atoms with E-state index in [0.717, 1.165) is 23.5 Å². The summed E-state index contributed by atoms with van der Waals surface area (Å²) in [5.41, 5.74) is 0.343. The average molecular weight is 396 g/mol. The Morgan fingerprint density at radius 3 is 2.21 bits per heavy atom. The van der Waals surface area contributed by atoms with Crippen molar-refractivity contribution >= 4 is 44.8 Å². The Kier molecular flexibility index (Phi) is 8.29. The Bertz CT molecular complexity index is 646. The maximum absolute atomic E-state index is 12.0. The summed E-state index contributed by atoms with van der Waals surface area (Å²) in [6.45, 7) is 1.45. The summed E-state index contributed by atoms with van der Waals surface area (Å²) in [5, 5.41) is 3.45. The van der Waals surface area contributed by atoms with Gasteiger partial charge in [-0.15, -0.1) is 0 Å². The van der Waals surface area contributed by atoms with Crippen LogP contribution in [0.15, 0.2) is 18.2 Å². The Hall–Kier alpha value is -1.02. The zero-order valence-electron chi connectivity index (χ0n) is 14.1. The van der Waals surface area contributed by atoms with Crippen molar-refractivity contribution in [2.75, 3.05) is 44.3 Å². The van der Waals surface area contributed by atoms with E-state index in [9.17, 15) is 13.2 Å². The van der Waals surface area contributed by atoms with Crippen molar-refractivity contribution in [2.24, 2.45) is 0 Å². The lowest BCUT2D eigenvalue weighted by molar-refractivity contribution is -0.120. The molecule has 0 bridgehead atoms. The molecule has 6 nitrogen and oxygen atoms in total. The van der Waals surface area contributed by atoms with Crippen molar-refractivity contribution < 1.29 is 13.2 Å². The Morgan fingerprint density at radius 2 is 1.71 bits per heavy atom. The molecule has 0 heterocycles. The molecule has 1 N–H and O–H groups in total. The van der Waals surface area contributed by atoms with Crippen LogP contribution in [0.25, 0.3) is 0 Å². The highest BCUT2D eigenvalue weighted by molar-refractivity contribution is 7.92. The fourth-order valence-corrected chi connectivity index (χ4v) is 3.51. The molecule has 1 rings (SSSR count). The van der Waals surface area contributed by atoms with Gasteiger partial charge in [0.25, 0.3) is 0 Å². The molecule has 0 fully saturated rings.